The zero-order valence-electron chi connectivity index (χ0n) is 10.3. The van der Waals surface area contributed by atoms with Gasteiger partial charge in [-0.2, -0.15) is 0 Å². The Morgan fingerprint density at radius 3 is 3.06 bits per heavy atom. The number of hydroxylamine groups is 1. The number of hydrogen-bond donors (Lipinski definition) is 2. The maximum absolute atomic E-state index is 11.7. The van der Waals surface area contributed by atoms with Gasteiger partial charge in [0.05, 0.1) is 13.0 Å². The van der Waals surface area contributed by atoms with Gasteiger partial charge in [0.1, 0.15) is 0 Å². The van der Waals surface area contributed by atoms with Crippen molar-refractivity contribution in [2.45, 2.75) is 13.3 Å². The molecular formula is C14H16N2O2. The second-order valence-electron chi connectivity index (χ2n) is 4.08. The van der Waals surface area contributed by atoms with Gasteiger partial charge in [-0.1, -0.05) is 24.3 Å². The minimum absolute atomic E-state index is 0.162. The number of para-hydroxylation sites is 1. The Morgan fingerprint density at radius 1 is 1.50 bits per heavy atom. The number of nitrogens with one attached hydrogen (secondary N) is 2. The number of aromatic nitrogens is 1. The lowest BCUT2D eigenvalue weighted by atomic mass is 10.1. The lowest BCUT2D eigenvalue weighted by Crippen LogP contribution is -2.25. The lowest BCUT2D eigenvalue weighted by molar-refractivity contribution is -0.131. The van der Waals surface area contributed by atoms with E-state index in [1.165, 1.54) is 0 Å². The summed E-state index contributed by atoms with van der Waals surface area (Å²) in [5.41, 5.74) is 5.45. The second-order valence-corrected chi connectivity index (χ2v) is 4.08. The first kappa shape index (κ1) is 12.4. The molecule has 4 nitrogen and oxygen atoms in total. The zero-order valence-corrected chi connectivity index (χ0v) is 10.3. The summed E-state index contributed by atoms with van der Waals surface area (Å²) in [5.74, 6) is -0.162. The highest BCUT2D eigenvalue weighted by Crippen LogP contribution is 2.22. The van der Waals surface area contributed by atoms with E-state index in [1.54, 1.807) is 6.08 Å². The number of carbonyl (C=O) groups is 1. The van der Waals surface area contributed by atoms with Gasteiger partial charge in [0.25, 0.3) is 0 Å². The van der Waals surface area contributed by atoms with E-state index in [9.17, 15) is 4.79 Å². The summed E-state index contributed by atoms with van der Waals surface area (Å²) in [6.45, 7) is 5.78. The van der Waals surface area contributed by atoms with E-state index < -0.39 is 0 Å². The SMILES string of the molecule is C=CCONC(=O)Cc1c(C)[nH]c2ccccc12. The summed E-state index contributed by atoms with van der Waals surface area (Å²) in [7, 11) is 0. The Bertz CT molecular complexity index is 572. The van der Waals surface area contributed by atoms with E-state index in [4.69, 9.17) is 4.84 Å². The van der Waals surface area contributed by atoms with Gasteiger partial charge >= 0.3 is 0 Å². The normalized spacial score (nSPS) is 10.5. The first-order valence-corrected chi connectivity index (χ1v) is 5.80. The molecule has 1 amide bonds. The molecule has 0 saturated carbocycles. The number of H-pyrrole nitrogens is 1. The topological polar surface area (TPSA) is 54.1 Å². The minimum Gasteiger partial charge on any atom is -0.358 e. The van der Waals surface area contributed by atoms with Crippen molar-refractivity contribution in [3.05, 3.63) is 48.2 Å². The van der Waals surface area contributed by atoms with Crippen LogP contribution in [0.25, 0.3) is 10.9 Å². The van der Waals surface area contributed by atoms with E-state index >= 15 is 0 Å². The third-order valence-electron chi connectivity index (χ3n) is 2.75. The summed E-state index contributed by atoms with van der Waals surface area (Å²) in [5, 5.41) is 1.08. The molecule has 0 atom stereocenters. The van der Waals surface area contributed by atoms with E-state index in [2.05, 4.69) is 17.0 Å². The summed E-state index contributed by atoms with van der Waals surface area (Å²) >= 11 is 0. The fourth-order valence-electron chi connectivity index (χ4n) is 1.94. The van der Waals surface area contributed by atoms with E-state index in [0.717, 1.165) is 22.2 Å². The van der Waals surface area contributed by atoms with Crippen LogP contribution in [-0.2, 0) is 16.1 Å². The fourth-order valence-corrected chi connectivity index (χ4v) is 1.94. The number of aromatic amines is 1. The smallest absolute Gasteiger partial charge is 0.248 e. The molecule has 0 spiro atoms. The molecule has 0 saturated heterocycles. The summed E-state index contributed by atoms with van der Waals surface area (Å²) < 4.78 is 0. The van der Waals surface area contributed by atoms with Crippen molar-refractivity contribution in [3.63, 3.8) is 0 Å². The van der Waals surface area contributed by atoms with Crippen LogP contribution in [0.2, 0.25) is 0 Å². The molecule has 0 aliphatic heterocycles. The molecule has 0 bridgehead atoms. The second kappa shape index (κ2) is 5.51. The van der Waals surface area contributed by atoms with Crippen LogP contribution in [0.4, 0.5) is 0 Å². The number of aryl methyl sites for hydroxylation is 1. The van der Waals surface area contributed by atoms with Crippen molar-refractivity contribution < 1.29 is 9.63 Å². The van der Waals surface area contributed by atoms with Gasteiger partial charge in [-0.3, -0.25) is 9.63 Å². The van der Waals surface area contributed by atoms with Gasteiger partial charge in [-0.05, 0) is 18.6 Å². The molecule has 2 aromatic rings. The Kier molecular flexibility index (Phi) is 3.79. The van der Waals surface area contributed by atoms with Gasteiger partial charge in [0.2, 0.25) is 5.91 Å². The van der Waals surface area contributed by atoms with E-state index in [-0.39, 0.29) is 5.91 Å². The molecule has 4 heteroatoms. The van der Waals surface area contributed by atoms with Crippen molar-refractivity contribution in [1.29, 1.82) is 0 Å². The fraction of sp³-hybridized carbons (Fsp3) is 0.214. The standard InChI is InChI=1S/C14H16N2O2/c1-3-8-18-16-14(17)9-12-10(2)15-13-7-5-4-6-11(12)13/h3-7,15H,1,8-9H2,2H3,(H,16,17). The van der Waals surface area contributed by atoms with Crippen LogP contribution >= 0.6 is 0 Å². The molecule has 2 rings (SSSR count). The molecule has 1 aromatic heterocycles. The lowest BCUT2D eigenvalue weighted by Gasteiger charge is -2.04. The number of carbonyl (C=O) groups excluding carboxylic acids is 1. The predicted molar refractivity (Wildman–Crippen MR) is 71.0 cm³/mol. The van der Waals surface area contributed by atoms with Crippen molar-refractivity contribution >= 4 is 16.8 Å². The first-order chi connectivity index (χ1) is 8.72. The molecule has 0 radical (unpaired) electrons. The van der Waals surface area contributed by atoms with Crippen molar-refractivity contribution in [2.75, 3.05) is 6.61 Å². The molecule has 0 fully saturated rings. The largest absolute Gasteiger partial charge is 0.358 e. The van der Waals surface area contributed by atoms with Crippen LogP contribution in [-0.4, -0.2) is 17.5 Å². The Morgan fingerprint density at radius 2 is 2.28 bits per heavy atom. The number of fused-ring (bicyclic) bond motifs is 1. The molecule has 1 aromatic carbocycles. The molecule has 2 N–H and O–H groups in total. The Balaban J connectivity index is 2.13. The number of hydrogen-bond acceptors (Lipinski definition) is 2. The van der Waals surface area contributed by atoms with Crippen molar-refractivity contribution in [2.24, 2.45) is 0 Å². The number of amides is 1. The maximum atomic E-state index is 11.7. The molecule has 18 heavy (non-hydrogen) atoms. The van der Waals surface area contributed by atoms with Gasteiger partial charge in [0, 0.05) is 16.6 Å². The molecular weight excluding hydrogens is 228 g/mol. The number of benzene rings is 1. The van der Waals surface area contributed by atoms with E-state index in [1.807, 2.05) is 31.2 Å². The highest BCUT2D eigenvalue weighted by molar-refractivity contribution is 5.89. The maximum Gasteiger partial charge on any atom is 0.248 e. The van der Waals surface area contributed by atoms with Gasteiger partial charge < -0.3 is 4.98 Å². The van der Waals surface area contributed by atoms with Crippen LogP contribution in [0, 0.1) is 6.92 Å². The quantitative estimate of drug-likeness (QED) is 0.481. The summed E-state index contributed by atoms with van der Waals surface area (Å²) in [6.07, 6.45) is 1.88. The summed E-state index contributed by atoms with van der Waals surface area (Å²) in [4.78, 5) is 19.9. The van der Waals surface area contributed by atoms with Gasteiger partial charge in [0.15, 0.2) is 0 Å². The third kappa shape index (κ3) is 2.60. The highest BCUT2D eigenvalue weighted by atomic mass is 16.6. The Hall–Kier alpha value is -2.07. The molecule has 1 heterocycles. The van der Waals surface area contributed by atoms with Crippen LogP contribution in [0.3, 0.4) is 0 Å². The summed E-state index contributed by atoms with van der Waals surface area (Å²) in [6, 6.07) is 7.94. The molecule has 94 valence electrons. The zero-order chi connectivity index (χ0) is 13.0. The van der Waals surface area contributed by atoms with Crippen molar-refractivity contribution in [1.82, 2.24) is 10.5 Å². The molecule has 0 unspecified atom stereocenters. The first-order valence-electron chi connectivity index (χ1n) is 5.80. The third-order valence-corrected chi connectivity index (χ3v) is 2.75. The van der Waals surface area contributed by atoms with Crippen LogP contribution in [0.5, 0.6) is 0 Å². The monoisotopic (exact) mass is 244 g/mol. The highest BCUT2D eigenvalue weighted by Gasteiger charge is 2.11. The minimum atomic E-state index is -0.162. The van der Waals surface area contributed by atoms with Crippen LogP contribution in [0.15, 0.2) is 36.9 Å². The van der Waals surface area contributed by atoms with E-state index in [0.29, 0.717) is 13.0 Å². The van der Waals surface area contributed by atoms with Gasteiger partial charge in [-0.15, -0.1) is 6.58 Å². The van der Waals surface area contributed by atoms with Crippen LogP contribution in [0.1, 0.15) is 11.3 Å². The number of rotatable bonds is 5. The van der Waals surface area contributed by atoms with Gasteiger partial charge in [-0.25, -0.2) is 5.48 Å². The van der Waals surface area contributed by atoms with Crippen molar-refractivity contribution in [3.8, 4) is 0 Å². The molecule has 0 aliphatic carbocycles. The molecule has 0 aliphatic rings. The average molecular weight is 244 g/mol. The predicted octanol–water partition coefficient (Wildman–Crippen LogP) is 2.25. The average Bonchev–Trinajstić information content (AvgIpc) is 2.67. The van der Waals surface area contributed by atoms with Crippen LogP contribution < -0.4 is 5.48 Å². The Labute approximate surface area is 106 Å².